The third kappa shape index (κ3) is 2.63. The van der Waals surface area contributed by atoms with Gasteiger partial charge >= 0.3 is 0 Å². The van der Waals surface area contributed by atoms with E-state index < -0.39 is 9.84 Å². The van der Waals surface area contributed by atoms with Gasteiger partial charge in [-0.1, -0.05) is 19.3 Å². The highest BCUT2D eigenvalue weighted by molar-refractivity contribution is 7.91. The first-order valence-corrected chi connectivity index (χ1v) is 8.92. The lowest BCUT2D eigenvalue weighted by Gasteiger charge is -2.20. The molecule has 1 unspecified atom stereocenters. The van der Waals surface area contributed by atoms with Gasteiger partial charge < -0.3 is 5.73 Å². The van der Waals surface area contributed by atoms with Crippen molar-refractivity contribution in [3.05, 3.63) is 11.9 Å². The zero-order chi connectivity index (χ0) is 13.5. The number of rotatable bonds is 2. The number of aromatic nitrogens is 2. The summed E-state index contributed by atoms with van der Waals surface area (Å²) in [5.74, 6) is 0.946. The number of hydrogen-bond acceptors (Lipinski definition) is 4. The Kier molecular flexibility index (Phi) is 3.28. The zero-order valence-electron chi connectivity index (χ0n) is 11.1. The molecular weight excluding hydrogens is 262 g/mol. The number of hydrogen-bond donors (Lipinski definition) is 1. The van der Waals surface area contributed by atoms with E-state index in [1.54, 1.807) is 4.68 Å². The summed E-state index contributed by atoms with van der Waals surface area (Å²) in [5, 5.41) is 4.61. The Morgan fingerprint density at radius 2 is 1.95 bits per heavy atom. The van der Waals surface area contributed by atoms with Crippen molar-refractivity contribution in [1.82, 2.24) is 9.78 Å². The van der Waals surface area contributed by atoms with Crippen molar-refractivity contribution in [2.75, 3.05) is 17.2 Å². The van der Waals surface area contributed by atoms with E-state index in [0.717, 1.165) is 24.2 Å². The molecular formula is C13H21N3O2S. The van der Waals surface area contributed by atoms with Crippen molar-refractivity contribution in [2.24, 2.45) is 0 Å². The van der Waals surface area contributed by atoms with E-state index in [9.17, 15) is 8.42 Å². The number of anilines is 1. The van der Waals surface area contributed by atoms with Gasteiger partial charge in [0, 0.05) is 12.1 Å². The molecule has 0 radical (unpaired) electrons. The third-order valence-electron chi connectivity index (χ3n) is 4.36. The van der Waals surface area contributed by atoms with Crippen LogP contribution in [-0.4, -0.2) is 29.7 Å². The van der Waals surface area contributed by atoms with Gasteiger partial charge in [-0.25, -0.2) is 8.42 Å². The zero-order valence-corrected chi connectivity index (χ0v) is 11.9. The van der Waals surface area contributed by atoms with Gasteiger partial charge in [-0.2, -0.15) is 5.10 Å². The van der Waals surface area contributed by atoms with Crippen molar-refractivity contribution in [3.63, 3.8) is 0 Å². The van der Waals surface area contributed by atoms with Crippen LogP contribution in [0.1, 0.15) is 56.2 Å². The Hall–Kier alpha value is -1.04. The van der Waals surface area contributed by atoms with Gasteiger partial charge in [-0.05, 0) is 19.3 Å². The molecule has 1 aliphatic carbocycles. The minimum absolute atomic E-state index is 0.0235. The second-order valence-electron chi connectivity index (χ2n) is 5.84. The molecule has 5 nitrogen and oxygen atoms in total. The molecule has 2 fully saturated rings. The first-order chi connectivity index (χ1) is 9.05. The van der Waals surface area contributed by atoms with Crippen LogP contribution in [-0.2, 0) is 9.84 Å². The smallest absolute Gasteiger partial charge is 0.152 e. The molecule has 0 amide bonds. The first-order valence-electron chi connectivity index (χ1n) is 7.10. The van der Waals surface area contributed by atoms with Crippen LogP contribution in [0.15, 0.2) is 6.20 Å². The minimum Gasteiger partial charge on any atom is -0.396 e. The maximum Gasteiger partial charge on any atom is 0.152 e. The largest absolute Gasteiger partial charge is 0.396 e. The molecule has 1 saturated carbocycles. The van der Waals surface area contributed by atoms with Crippen LogP contribution in [0.25, 0.3) is 0 Å². The molecule has 3 rings (SSSR count). The van der Waals surface area contributed by atoms with E-state index in [4.69, 9.17) is 5.73 Å². The predicted octanol–water partition coefficient (Wildman–Crippen LogP) is 1.87. The average molecular weight is 283 g/mol. The Morgan fingerprint density at radius 1 is 1.21 bits per heavy atom. The lowest BCUT2D eigenvalue weighted by Crippen LogP contribution is -2.13. The molecule has 19 heavy (non-hydrogen) atoms. The number of nitrogen functional groups attached to an aromatic ring is 1. The number of sulfone groups is 1. The Balaban J connectivity index is 1.81. The standard InChI is InChI=1S/C13H21N3O2S/c14-12-8-16(11-6-7-19(17,18)9-11)15-13(12)10-4-2-1-3-5-10/h8,10-11H,1-7,9,14H2. The lowest BCUT2D eigenvalue weighted by molar-refractivity contribution is 0.424. The molecule has 2 aliphatic rings. The van der Waals surface area contributed by atoms with Crippen LogP contribution in [0.2, 0.25) is 0 Å². The molecule has 0 bridgehead atoms. The molecule has 1 saturated heterocycles. The highest BCUT2D eigenvalue weighted by Gasteiger charge is 2.31. The van der Waals surface area contributed by atoms with E-state index in [1.165, 1.54) is 19.3 Å². The summed E-state index contributed by atoms with van der Waals surface area (Å²) in [6, 6.07) is -0.0235. The van der Waals surface area contributed by atoms with Gasteiger partial charge in [0.2, 0.25) is 0 Å². The third-order valence-corrected chi connectivity index (χ3v) is 6.12. The fourth-order valence-electron chi connectivity index (χ4n) is 3.28. The fourth-order valence-corrected chi connectivity index (χ4v) is 4.99. The van der Waals surface area contributed by atoms with Crippen LogP contribution >= 0.6 is 0 Å². The van der Waals surface area contributed by atoms with Crippen molar-refractivity contribution >= 4 is 15.5 Å². The van der Waals surface area contributed by atoms with Crippen molar-refractivity contribution in [1.29, 1.82) is 0 Å². The molecule has 1 atom stereocenters. The summed E-state index contributed by atoms with van der Waals surface area (Å²) in [7, 11) is -2.87. The predicted molar refractivity (Wildman–Crippen MR) is 74.8 cm³/mol. The molecule has 1 aromatic heterocycles. The molecule has 1 aliphatic heterocycles. The van der Waals surface area contributed by atoms with Gasteiger partial charge in [0.25, 0.3) is 0 Å². The van der Waals surface area contributed by atoms with Crippen LogP contribution in [0.3, 0.4) is 0 Å². The summed E-state index contributed by atoms with van der Waals surface area (Å²) in [6.45, 7) is 0. The Morgan fingerprint density at radius 3 is 2.58 bits per heavy atom. The van der Waals surface area contributed by atoms with Crippen LogP contribution in [0.5, 0.6) is 0 Å². The van der Waals surface area contributed by atoms with E-state index >= 15 is 0 Å². The molecule has 2 N–H and O–H groups in total. The second kappa shape index (κ2) is 4.81. The minimum atomic E-state index is -2.87. The van der Waals surface area contributed by atoms with Crippen LogP contribution in [0.4, 0.5) is 5.69 Å². The van der Waals surface area contributed by atoms with Gasteiger partial charge in [0.05, 0.1) is 28.9 Å². The van der Waals surface area contributed by atoms with Gasteiger partial charge in [0.1, 0.15) is 0 Å². The summed E-state index contributed by atoms with van der Waals surface area (Å²) < 4.78 is 24.9. The fraction of sp³-hybridized carbons (Fsp3) is 0.769. The second-order valence-corrected chi connectivity index (χ2v) is 8.07. The molecule has 106 valence electrons. The van der Waals surface area contributed by atoms with E-state index in [2.05, 4.69) is 5.10 Å². The van der Waals surface area contributed by atoms with E-state index in [-0.39, 0.29) is 17.5 Å². The maximum absolute atomic E-state index is 11.5. The summed E-state index contributed by atoms with van der Waals surface area (Å²) in [6.07, 6.45) is 8.60. The average Bonchev–Trinajstić information content (AvgIpc) is 2.93. The lowest BCUT2D eigenvalue weighted by atomic mass is 9.86. The van der Waals surface area contributed by atoms with Crippen LogP contribution in [0, 0.1) is 0 Å². The van der Waals surface area contributed by atoms with Crippen molar-refractivity contribution in [3.8, 4) is 0 Å². The normalized spacial score (nSPS) is 27.7. The summed E-state index contributed by atoms with van der Waals surface area (Å²) >= 11 is 0. The van der Waals surface area contributed by atoms with Gasteiger partial charge in [0.15, 0.2) is 9.84 Å². The topological polar surface area (TPSA) is 78.0 Å². The molecule has 1 aromatic rings. The van der Waals surface area contributed by atoms with Crippen LogP contribution < -0.4 is 5.73 Å². The number of nitrogens with two attached hydrogens (primary N) is 1. The summed E-state index contributed by atoms with van der Waals surface area (Å²) in [5.41, 5.74) is 7.80. The molecule has 6 heteroatoms. The summed E-state index contributed by atoms with van der Waals surface area (Å²) in [4.78, 5) is 0. The molecule has 0 spiro atoms. The Labute approximate surface area is 114 Å². The van der Waals surface area contributed by atoms with E-state index in [1.807, 2.05) is 6.20 Å². The van der Waals surface area contributed by atoms with Gasteiger partial charge in [-0.3, -0.25) is 4.68 Å². The van der Waals surface area contributed by atoms with Crippen molar-refractivity contribution < 1.29 is 8.42 Å². The van der Waals surface area contributed by atoms with Crippen molar-refractivity contribution in [2.45, 2.75) is 50.5 Å². The quantitative estimate of drug-likeness (QED) is 0.898. The molecule has 0 aromatic carbocycles. The SMILES string of the molecule is Nc1cn(C2CCS(=O)(=O)C2)nc1C1CCCCC1. The Bertz CT molecular complexity index is 558. The monoisotopic (exact) mass is 283 g/mol. The molecule has 2 heterocycles. The van der Waals surface area contributed by atoms with Gasteiger partial charge in [-0.15, -0.1) is 0 Å². The van der Waals surface area contributed by atoms with E-state index in [0.29, 0.717) is 12.3 Å². The maximum atomic E-state index is 11.5. The first kappa shape index (κ1) is 13.0. The highest BCUT2D eigenvalue weighted by atomic mass is 32.2. The highest BCUT2D eigenvalue weighted by Crippen LogP contribution is 2.35. The number of nitrogens with zero attached hydrogens (tertiary/aromatic N) is 2.